The van der Waals surface area contributed by atoms with Crippen LogP contribution < -0.4 is 0 Å². The van der Waals surface area contributed by atoms with Crippen molar-refractivity contribution >= 4 is 33.6 Å². The van der Waals surface area contributed by atoms with E-state index in [4.69, 9.17) is 16.1 Å². The molecule has 0 atom stereocenters. The molecule has 29 heavy (non-hydrogen) atoms. The molecule has 1 fully saturated rings. The molecule has 150 valence electrons. The largest absolute Gasteiger partial charge is 0.356 e. The summed E-state index contributed by atoms with van der Waals surface area (Å²) in [5.74, 6) is 0.0665. The third-order valence-corrected chi connectivity index (χ3v) is 5.99. The van der Waals surface area contributed by atoms with Crippen LogP contribution in [0.3, 0.4) is 0 Å². The molecule has 0 spiro atoms. The van der Waals surface area contributed by atoms with Gasteiger partial charge in [0, 0.05) is 28.9 Å². The van der Waals surface area contributed by atoms with E-state index >= 15 is 0 Å². The fraction of sp³-hybridized carbons (Fsp3) is 0.381. The highest BCUT2D eigenvalue weighted by molar-refractivity contribution is 6.31. The van der Waals surface area contributed by atoms with Gasteiger partial charge in [0.25, 0.3) is 0 Å². The minimum Gasteiger partial charge on any atom is -0.356 e. The van der Waals surface area contributed by atoms with E-state index in [1.165, 1.54) is 12.1 Å². The smallest absolute Gasteiger partial charge is 0.170 e. The summed E-state index contributed by atoms with van der Waals surface area (Å²) in [4.78, 5) is 2.48. The van der Waals surface area contributed by atoms with Gasteiger partial charge in [-0.05, 0) is 69.2 Å². The Labute approximate surface area is 172 Å². The predicted molar refractivity (Wildman–Crippen MR) is 110 cm³/mol. The van der Waals surface area contributed by atoms with Crippen LogP contribution in [0.25, 0.3) is 22.0 Å². The first-order valence-corrected chi connectivity index (χ1v) is 10.3. The van der Waals surface area contributed by atoms with E-state index in [9.17, 15) is 4.39 Å². The summed E-state index contributed by atoms with van der Waals surface area (Å²) < 4.78 is 20.6. The Kier molecular flexibility index (Phi) is 4.93. The Bertz CT molecular complexity index is 1150. The molecule has 1 aliphatic heterocycles. The number of piperidine rings is 1. The first-order chi connectivity index (χ1) is 14.2. The molecule has 3 heterocycles. The lowest BCUT2D eigenvalue weighted by Crippen LogP contribution is -2.34. The fourth-order valence-corrected chi connectivity index (χ4v) is 4.37. The average molecular weight is 414 g/mol. The average Bonchev–Trinajstić information content (AvgIpc) is 3.32. The molecule has 5 rings (SSSR count). The van der Waals surface area contributed by atoms with Crippen molar-refractivity contribution in [2.24, 2.45) is 0 Å². The standard InChI is InChI=1S/C21H21ClFN5O/c22-15-2-5-18-19(12-15)28(26-24-18)9-1-8-27-10-6-14(7-11-27)21-17-4-3-16(23)13-20(17)29-25-21/h2-5,12-14H,1,6-11H2. The molecule has 0 radical (unpaired) electrons. The zero-order valence-electron chi connectivity index (χ0n) is 15.9. The summed E-state index contributed by atoms with van der Waals surface area (Å²) in [7, 11) is 0. The second kappa shape index (κ2) is 7.72. The zero-order valence-corrected chi connectivity index (χ0v) is 16.6. The highest BCUT2D eigenvalue weighted by Crippen LogP contribution is 2.32. The lowest BCUT2D eigenvalue weighted by molar-refractivity contribution is 0.203. The van der Waals surface area contributed by atoms with Crippen molar-refractivity contribution in [2.45, 2.75) is 31.7 Å². The van der Waals surface area contributed by atoms with E-state index in [0.29, 0.717) is 16.5 Å². The normalized spacial score (nSPS) is 16.2. The van der Waals surface area contributed by atoms with Crippen molar-refractivity contribution in [1.29, 1.82) is 0 Å². The van der Waals surface area contributed by atoms with Crippen LogP contribution in [0.2, 0.25) is 5.02 Å². The minimum atomic E-state index is -0.294. The molecular formula is C21H21ClFN5O. The molecule has 0 saturated carbocycles. The Morgan fingerprint density at radius 3 is 2.83 bits per heavy atom. The van der Waals surface area contributed by atoms with Gasteiger partial charge >= 0.3 is 0 Å². The molecule has 2 aromatic carbocycles. The Morgan fingerprint density at radius 2 is 1.97 bits per heavy atom. The third kappa shape index (κ3) is 3.72. The summed E-state index contributed by atoms with van der Waals surface area (Å²) in [5.41, 5.74) is 3.34. The highest BCUT2D eigenvalue weighted by atomic mass is 35.5. The van der Waals surface area contributed by atoms with Crippen LogP contribution in [-0.2, 0) is 6.54 Å². The molecule has 0 unspecified atom stereocenters. The van der Waals surface area contributed by atoms with E-state index in [-0.39, 0.29) is 5.82 Å². The second-order valence-electron chi connectivity index (χ2n) is 7.62. The topological polar surface area (TPSA) is 60.0 Å². The van der Waals surface area contributed by atoms with Gasteiger partial charge in [-0.3, -0.25) is 0 Å². The summed E-state index contributed by atoms with van der Waals surface area (Å²) in [6.07, 6.45) is 3.06. The van der Waals surface area contributed by atoms with E-state index < -0.39 is 0 Å². The molecule has 0 aliphatic carbocycles. The summed E-state index contributed by atoms with van der Waals surface area (Å²) in [6.45, 7) is 3.87. The van der Waals surface area contributed by atoms with Crippen molar-refractivity contribution in [1.82, 2.24) is 25.1 Å². The number of aromatic nitrogens is 4. The maximum absolute atomic E-state index is 13.4. The maximum atomic E-state index is 13.4. The Hall–Kier alpha value is -2.51. The highest BCUT2D eigenvalue weighted by Gasteiger charge is 2.25. The van der Waals surface area contributed by atoms with Crippen LogP contribution >= 0.6 is 11.6 Å². The first kappa shape index (κ1) is 18.5. The third-order valence-electron chi connectivity index (χ3n) is 5.76. The zero-order chi connectivity index (χ0) is 19.8. The number of benzene rings is 2. The van der Waals surface area contributed by atoms with Gasteiger partial charge in [0.05, 0.1) is 11.2 Å². The van der Waals surface area contributed by atoms with E-state index in [1.807, 2.05) is 22.9 Å². The first-order valence-electron chi connectivity index (χ1n) is 9.93. The number of halogens is 2. The van der Waals surface area contributed by atoms with E-state index in [1.54, 1.807) is 6.07 Å². The molecule has 1 aliphatic rings. The van der Waals surface area contributed by atoms with Gasteiger partial charge in [0.1, 0.15) is 11.3 Å². The Morgan fingerprint density at radius 1 is 1.10 bits per heavy atom. The molecule has 1 saturated heterocycles. The second-order valence-corrected chi connectivity index (χ2v) is 8.06. The molecule has 2 aromatic heterocycles. The van der Waals surface area contributed by atoms with Gasteiger partial charge in [0.15, 0.2) is 5.58 Å². The monoisotopic (exact) mass is 413 g/mol. The Balaban J connectivity index is 1.16. The minimum absolute atomic E-state index is 0.294. The van der Waals surface area contributed by atoms with Gasteiger partial charge in [0.2, 0.25) is 0 Å². The number of hydrogen-bond donors (Lipinski definition) is 0. The molecule has 4 aromatic rings. The van der Waals surface area contributed by atoms with Crippen molar-refractivity contribution in [3.63, 3.8) is 0 Å². The van der Waals surface area contributed by atoms with E-state index in [2.05, 4.69) is 20.4 Å². The van der Waals surface area contributed by atoms with Crippen molar-refractivity contribution < 1.29 is 8.91 Å². The van der Waals surface area contributed by atoms with Gasteiger partial charge in [-0.15, -0.1) is 5.10 Å². The summed E-state index contributed by atoms with van der Waals surface area (Å²) in [5, 5.41) is 14.3. The van der Waals surface area contributed by atoms with Gasteiger partial charge < -0.3 is 9.42 Å². The van der Waals surface area contributed by atoms with Crippen LogP contribution in [0.15, 0.2) is 40.9 Å². The lowest BCUT2D eigenvalue weighted by Gasteiger charge is -2.31. The van der Waals surface area contributed by atoms with Gasteiger partial charge in [-0.1, -0.05) is 22.0 Å². The van der Waals surface area contributed by atoms with Gasteiger partial charge in [-0.2, -0.15) is 0 Å². The SMILES string of the molecule is Fc1ccc2c(C3CCN(CCCn4nnc5ccc(Cl)cc54)CC3)noc2c1. The molecular weight excluding hydrogens is 393 g/mol. The van der Waals surface area contributed by atoms with Crippen LogP contribution in [0.5, 0.6) is 0 Å². The van der Waals surface area contributed by atoms with Gasteiger partial charge in [-0.25, -0.2) is 9.07 Å². The number of hydrogen-bond acceptors (Lipinski definition) is 5. The van der Waals surface area contributed by atoms with E-state index in [0.717, 1.165) is 67.6 Å². The van der Waals surface area contributed by atoms with Crippen LogP contribution in [0.1, 0.15) is 30.9 Å². The number of likely N-dealkylation sites (tertiary alicyclic amines) is 1. The molecule has 0 N–H and O–H groups in total. The lowest BCUT2D eigenvalue weighted by atomic mass is 9.91. The summed E-state index contributed by atoms with van der Waals surface area (Å²) >= 11 is 6.10. The number of nitrogens with zero attached hydrogens (tertiary/aromatic N) is 5. The number of rotatable bonds is 5. The van der Waals surface area contributed by atoms with Crippen LogP contribution in [-0.4, -0.2) is 44.7 Å². The van der Waals surface area contributed by atoms with Crippen LogP contribution in [0, 0.1) is 5.82 Å². The molecule has 0 amide bonds. The predicted octanol–water partition coefficient (Wildman–Crippen LogP) is 4.63. The van der Waals surface area contributed by atoms with Crippen LogP contribution in [0.4, 0.5) is 4.39 Å². The molecule has 8 heteroatoms. The number of aryl methyl sites for hydroxylation is 1. The van der Waals surface area contributed by atoms with Crippen molar-refractivity contribution in [3.8, 4) is 0 Å². The fourth-order valence-electron chi connectivity index (χ4n) is 4.20. The number of fused-ring (bicyclic) bond motifs is 2. The maximum Gasteiger partial charge on any atom is 0.170 e. The summed E-state index contributed by atoms with van der Waals surface area (Å²) in [6, 6.07) is 10.3. The van der Waals surface area contributed by atoms with Crippen molar-refractivity contribution in [2.75, 3.05) is 19.6 Å². The molecule has 0 bridgehead atoms. The quantitative estimate of drug-likeness (QED) is 0.477. The van der Waals surface area contributed by atoms with Crippen molar-refractivity contribution in [3.05, 3.63) is 52.9 Å². The molecule has 6 nitrogen and oxygen atoms in total.